The number of benzene rings is 3. The molecule has 0 fully saturated rings. The maximum absolute atomic E-state index is 9.60. The first kappa shape index (κ1) is 20.5. The van der Waals surface area contributed by atoms with Crippen molar-refractivity contribution in [2.45, 2.75) is 20.1 Å². The Morgan fingerprint density at radius 2 is 1.28 bits per heavy atom. The summed E-state index contributed by atoms with van der Waals surface area (Å²) in [5, 5.41) is 9.60. The highest BCUT2D eigenvalue weighted by molar-refractivity contribution is 5.77. The summed E-state index contributed by atoms with van der Waals surface area (Å²) < 4.78 is 5.39. The lowest BCUT2D eigenvalue weighted by Crippen LogP contribution is -2.21. The Morgan fingerprint density at radius 1 is 0.793 bits per heavy atom. The number of ether oxygens (including phenoxy) is 1. The monoisotopic (exact) mass is 388 g/mol. The van der Waals surface area contributed by atoms with Crippen molar-refractivity contribution in [3.8, 4) is 5.75 Å². The Labute approximate surface area is 173 Å². The Bertz CT molecular complexity index is 888. The van der Waals surface area contributed by atoms with E-state index >= 15 is 0 Å². The van der Waals surface area contributed by atoms with Crippen LogP contribution in [0.5, 0.6) is 5.75 Å². The summed E-state index contributed by atoms with van der Waals surface area (Å²) >= 11 is 0. The first-order valence-corrected chi connectivity index (χ1v) is 9.93. The second kappa shape index (κ2) is 9.80. The largest absolute Gasteiger partial charge is 0.461 e. The Hall–Kier alpha value is -3.24. The van der Waals surface area contributed by atoms with E-state index in [4.69, 9.17) is 4.74 Å². The van der Waals surface area contributed by atoms with Crippen LogP contribution < -0.4 is 14.5 Å². The zero-order chi connectivity index (χ0) is 20.6. The summed E-state index contributed by atoms with van der Waals surface area (Å²) in [6.07, 6.45) is 0.334. The van der Waals surface area contributed by atoms with Gasteiger partial charge in [-0.2, -0.15) is 0 Å². The van der Waals surface area contributed by atoms with E-state index in [1.807, 2.05) is 42.5 Å². The second-order valence-corrected chi connectivity index (χ2v) is 6.60. The van der Waals surface area contributed by atoms with Crippen molar-refractivity contribution in [2.24, 2.45) is 0 Å². The SMILES string of the molecule is C=CC(O)Oc1ccc(N(c2ccccc2)c2ccc(N(CC)CC)cc2)cc1. The van der Waals surface area contributed by atoms with Crippen molar-refractivity contribution >= 4 is 22.7 Å². The van der Waals surface area contributed by atoms with Gasteiger partial charge in [-0.25, -0.2) is 0 Å². The minimum atomic E-state index is -1.02. The number of nitrogens with zero attached hydrogens (tertiary/aromatic N) is 2. The fourth-order valence-electron chi connectivity index (χ4n) is 3.29. The van der Waals surface area contributed by atoms with E-state index in [-0.39, 0.29) is 0 Å². The third-order valence-electron chi connectivity index (χ3n) is 4.80. The number of rotatable bonds is 9. The molecule has 0 aliphatic heterocycles. The molecule has 0 amide bonds. The number of para-hydroxylation sites is 1. The van der Waals surface area contributed by atoms with Gasteiger partial charge in [0.15, 0.2) is 0 Å². The van der Waals surface area contributed by atoms with Gasteiger partial charge >= 0.3 is 0 Å². The van der Waals surface area contributed by atoms with E-state index in [0.29, 0.717) is 5.75 Å². The molecule has 0 saturated carbocycles. The highest BCUT2D eigenvalue weighted by atomic mass is 16.6. The van der Waals surface area contributed by atoms with Crippen LogP contribution in [0.4, 0.5) is 22.7 Å². The van der Waals surface area contributed by atoms with Gasteiger partial charge < -0.3 is 19.6 Å². The number of aliphatic hydroxyl groups is 1. The lowest BCUT2D eigenvalue weighted by Gasteiger charge is -2.27. The first-order chi connectivity index (χ1) is 14.2. The molecule has 0 aromatic heterocycles. The fraction of sp³-hybridized carbons (Fsp3) is 0.200. The fourth-order valence-corrected chi connectivity index (χ4v) is 3.29. The van der Waals surface area contributed by atoms with E-state index < -0.39 is 6.29 Å². The molecule has 0 radical (unpaired) electrons. The van der Waals surface area contributed by atoms with E-state index in [9.17, 15) is 5.11 Å². The number of aliphatic hydroxyl groups excluding tert-OH is 1. The lowest BCUT2D eigenvalue weighted by atomic mass is 10.1. The average molecular weight is 389 g/mol. The van der Waals surface area contributed by atoms with Crippen molar-refractivity contribution in [3.63, 3.8) is 0 Å². The Kier molecular flexibility index (Phi) is 6.93. The molecule has 0 heterocycles. The van der Waals surface area contributed by atoms with Crippen LogP contribution in [0.1, 0.15) is 13.8 Å². The molecule has 29 heavy (non-hydrogen) atoms. The molecule has 3 rings (SSSR count). The van der Waals surface area contributed by atoms with Crippen LogP contribution in [0.3, 0.4) is 0 Å². The summed E-state index contributed by atoms with van der Waals surface area (Å²) in [6, 6.07) is 26.5. The van der Waals surface area contributed by atoms with Gasteiger partial charge in [0.2, 0.25) is 6.29 Å². The van der Waals surface area contributed by atoms with Crippen LogP contribution in [0, 0.1) is 0 Å². The quantitative estimate of drug-likeness (QED) is 0.366. The molecule has 0 bridgehead atoms. The molecular formula is C25H28N2O2. The van der Waals surface area contributed by atoms with Gasteiger partial charge in [-0.3, -0.25) is 0 Å². The standard InChI is InChI=1S/C25H28N2O2/c1-4-25(28)29-24-18-16-23(17-19-24)27(21-10-8-7-9-11-21)22-14-12-20(13-15-22)26(5-2)6-3/h4,7-19,25,28H,1,5-6H2,2-3H3. The summed E-state index contributed by atoms with van der Waals surface area (Å²) in [7, 11) is 0. The topological polar surface area (TPSA) is 35.9 Å². The summed E-state index contributed by atoms with van der Waals surface area (Å²) in [5.41, 5.74) is 4.37. The van der Waals surface area contributed by atoms with Gasteiger partial charge in [0, 0.05) is 35.8 Å². The van der Waals surface area contributed by atoms with E-state index in [2.05, 4.69) is 66.6 Å². The smallest absolute Gasteiger partial charge is 0.216 e. The molecule has 1 N–H and O–H groups in total. The van der Waals surface area contributed by atoms with Crippen LogP contribution in [0.15, 0.2) is 91.5 Å². The molecule has 4 nitrogen and oxygen atoms in total. The highest BCUT2D eigenvalue weighted by Crippen LogP contribution is 2.36. The second-order valence-electron chi connectivity index (χ2n) is 6.60. The molecule has 0 spiro atoms. The highest BCUT2D eigenvalue weighted by Gasteiger charge is 2.13. The molecule has 3 aromatic rings. The average Bonchev–Trinajstić information content (AvgIpc) is 2.77. The minimum absolute atomic E-state index is 0.589. The molecule has 1 atom stereocenters. The van der Waals surface area contributed by atoms with Crippen LogP contribution >= 0.6 is 0 Å². The molecular weight excluding hydrogens is 360 g/mol. The minimum Gasteiger partial charge on any atom is -0.461 e. The summed E-state index contributed by atoms with van der Waals surface area (Å²) in [5.74, 6) is 0.589. The van der Waals surface area contributed by atoms with Gasteiger partial charge in [0.25, 0.3) is 0 Å². The predicted molar refractivity (Wildman–Crippen MR) is 122 cm³/mol. The molecule has 0 aliphatic carbocycles. The number of hydrogen-bond acceptors (Lipinski definition) is 4. The lowest BCUT2D eigenvalue weighted by molar-refractivity contribution is 0.0251. The predicted octanol–water partition coefficient (Wildman–Crippen LogP) is 5.89. The third-order valence-corrected chi connectivity index (χ3v) is 4.80. The molecule has 1 unspecified atom stereocenters. The number of hydrogen-bond donors (Lipinski definition) is 1. The molecule has 0 aliphatic rings. The first-order valence-electron chi connectivity index (χ1n) is 9.93. The Morgan fingerprint density at radius 3 is 1.79 bits per heavy atom. The van der Waals surface area contributed by atoms with Crippen molar-refractivity contribution in [3.05, 3.63) is 91.5 Å². The molecule has 0 saturated heterocycles. The van der Waals surface area contributed by atoms with Crippen LogP contribution in [0.2, 0.25) is 0 Å². The zero-order valence-corrected chi connectivity index (χ0v) is 17.0. The van der Waals surface area contributed by atoms with Crippen molar-refractivity contribution in [1.82, 2.24) is 0 Å². The molecule has 3 aromatic carbocycles. The Balaban J connectivity index is 1.95. The molecule has 4 heteroatoms. The van der Waals surface area contributed by atoms with Gasteiger partial charge in [0.1, 0.15) is 5.75 Å². The summed E-state index contributed by atoms with van der Waals surface area (Å²) in [6.45, 7) is 9.83. The van der Waals surface area contributed by atoms with E-state index in [0.717, 1.165) is 30.2 Å². The van der Waals surface area contributed by atoms with Gasteiger partial charge in [0.05, 0.1) is 0 Å². The van der Waals surface area contributed by atoms with Crippen molar-refractivity contribution < 1.29 is 9.84 Å². The maximum Gasteiger partial charge on any atom is 0.216 e. The van der Waals surface area contributed by atoms with Gasteiger partial charge in [-0.05, 0) is 80.6 Å². The number of anilines is 4. The van der Waals surface area contributed by atoms with Crippen molar-refractivity contribution in [1.29, 1.82) is 0 Å². The van der Waals surface area contributed by atoms with Crippen LogP contribution in [-0.4, -0.2) is 24.5 Å². The summed E-state index contributed by atoms with van der Waals surface area (Å²) in [4.78, 5) is 4.52. The zero-order valence-electron chi connectivity index (χ0n) is 17.0. The van der Waals surface area contributed by atoms with Gasteiger partial charge in [-0.15, -0.1) is 0 Å². The van der Waals surface area contributed by atoms with Crippen LogP contribution in [-0.2, 0) is 0 Å². The van der Waals surface area contributed by atoms with E-state index in [1.165, 1.54) is 11.8 Å². The van der Waals surface area contributed by atoms with Crippen molar-refractivity contribution in [2.75, 3.05) is 22.9 Å². The van der Waals surface area contributed by atoms with E-state index in [1.54, 1.807) is 0 Å². The van der Waals surface area contributed by atoms with Gasteiger partial charge in [-0.1, -0.05) is 24.8 Å². The maximum atomic E-state index is 9.60. The van der Waals surface area contributed by atoms with Crippen LogP contribution in [0.25, 0.3) is 0 Å². The normalized spacial score (nSPS) is 11.6. The third kappa shape index (κ3) is 4.98. The molecule has 150 valence electrons.